The van der Waals surface area contributed by atoms with Gasteiger partial charge in [0.2, 0.25) is 5.91 Å². The van der Waals surface area contributed by atoms with Crippen LogP contribution in [0.3, 0.4) is 0 Å². The molecular formula is C13H18BrNO. The smallest absolute Gasteiger partial charge is 0.237 e. The van der Waals surface area contributed by atoms with E-state index in [2.05, 4.69) is 48.1 Å². The molecule has 16 heavy (non-hydrogen) atoms. The molecular weight excluding hydrogens is 266 g/mol. The lowest BCUT2D eigenvalue weighted by molar-refractivity contribution is -0.115. The molecule has 0 aliphatic carbocycles. The number of carbonyl (C=O) groups is 1. The predicted octanol–water partition coefficient (Wildman–Crippen LogP) is 3.71. The quantitative estimate of drug-likeness (QED) is 0.824. The number of para-hydroxylation sites is 1. The molecule has 0 radical (unpaired) electrons. The molecule has 0 bridgehead atoms. The first-order valence-corrected chi connectivity index (χ1v) is 6.28. The van der Waals surface area contributed by atoms with Gasteiger partial charge in [-0.15, -0.1) is 0 Å². The van der Waals surface area contributed by atoms with Crippen LogP contribution in [0, 0.1) is 0 Å². The van der Waals surface area contributed by atoms with E-state index < -0.39 is 0 Å². The van der Waals surface area contributed by atoms with Gasteiger partial charge in [0.25, 0.3) is 0 Å². The van der Waals surface area contributed by atoms with Gasteiger partial charge in [0.1, 0.15) is 0 Å². The molecule has 0 aromatic heterocycles. The van der Waals surface area contributed by atoms with E-state index in [-0.39, 0.29) is 16.1 Å². The molecule has 0 spiro atoms. The summed E-state index contributed by atoms with van der Waals surface area (Å²) < 4.78 is 0. The van der Waals surface area contributed by atoms with Gasteiger partial charge in [-0.3, -0.25) is 4.79 Å². The summed E-state index contributed by atoms with van der Waals surface area (Å²) in [7, 11) is 0. The Morgan fingerprint density at radius 2 is 1.88 bits per heavy atom. The maximum absolute atomic E-state index is 11.6. The van der Waals surface area contributed by atoms with Crippen molar-refractivity contribution in [3.8, 4) is 0 Å². The van der Waals surface area contributed by atoms with E-state index in [1.165, 1.54) is 0 Å². The molecule has 88 valence electrons. The molecule has 1 rings (SSSR count). The molecule has 1 amide bonds. The first-order chi connectivity index (χ1) is 7.32. The van der Waals surface area contributed by atoms with Crippen molar-refractivity contribution in [2.75, 3.05) is 5.32 Å². The topological polar surface area (TPSA) is 29.1 Å². The fourth-order valence-corrected chi connectivity index (χ4v) is 1.59. The maximum Gasteiger partial charge on any atom is 0.237 e. The number of benzene rings is 1. The van der Waals surface area contributed by atoms with Crippen LogP contribution < -0.4 is 5.32 Å². The normalized spacial score (nSPS) is 13.3. The summed E-state index contributed by atoms with van der Waals surface area (Å²) in [6.07, 6.45) is 0. The van der Waals surface area contributed by atoms with Gasteiger partial charge in [-0.2, -0.15) is 0 Å². The van der Waals surface area contributed by atoms with Gasteiger partial charge in [0.05, 0.1) is 4.83 Å². The number of anilines is 1. The Labute approximate surface area is 106 Å². The molecule has 0 fully saturated rings. The Bertz CT molecular complexity index is 380. The average molecular weight is 284 g/mol. The second kappa shape index (κ2) is 5.00. The first-order valence-electron chi connectivity index (χ1n) is 5.37. The summed E-state index contributed by atoms with van der Waals surface area (Å²) in [5.74, 6) is -0.0169. The number of hydrogen-bond acceptors (Lipinski definition) is 1. The van der Waals surface area contributed by atoms with Crippen LogP contribution in [0.2, 0.25) is 0 Å². The van der Waals surface area contributed by atoms with E-state index in [0.29, 0.717) is 0 Å². The summed E-state index contributed by atoms with van der Waals surface area (Å²) in [6.45, 7) is 8.22. The third-order valence-electron chi connectivity index (χ3n) is 2.35. The van der Waals surface area contributed by atoms with Crippen molar-refractivity contribution in [2.45, 2.75) is 37.9 Å². The van der Waals surface area contributed by atoms with E-state index in [4.69, 9.17) is 0 Å². The van der Waals surface area contributed by atoms with E-state index in [1.807, 2.05) is 25.1 Å². The number of rotatable bonds is 2. The van der Waals surface area contributed by atoms with Crippen LogP contribution in [0.1, 0.15) is 33.3 Å². The fraction of sp³-hybridized carbons (Fsp3) is 0.462. The molecule has 1 unspecified atom stereocenters. The summed E-state index contributed by atoms with van der Waals surface area (Å²) in [5.41, 5.74) is 2.07. The summed E-state index contributed by atoms with van der Waals surface area (Å²) in [5, 5.41) is 2.93. The summed E-state index contributed by atoms with van der Waals surface area (Å²) >= 11 is 3.26. The van der Waals surface area contributed by atoms with Gasteiger partial charge in [0, 0.05) is 5.69 Å². The van der Waals surface area contributed by atoms with Crippen molar-refractivity contribution in [1.29, 1.82) is 0 Å². The van der Waals surface area contributed by atoms with Crippen LogP contribution in [0.5, 0.6) is 0 Å². The van der Waals surface area contributed by atoms with E-state index >= 15 is 0 Å². The highest BCUT2D eigenvalue weighted by Gasteiger charge is 2.19. The number of halogens is 1. The van der Waals surface area contributed by atoms with E-state index in [9.17, 15) is 4.79 Å². The van der Waals surface area contributed by atoms with Gasteiger partial charge in [-0.05, 0) is 24.0 Å². The van der Waals surface area contributed by atoms with Crippen molar-refractivity contribution in [1.82, 2.24) is 0 Å². The van der Waals surface area contributed by atoms with Gasteiger partial charge in [0.15, 0.2) is 0 Å². The number of carbonyl (C=O) groups excluding carboxylic acids is 1. The molecule has 1 aromatic carbocycles. The minimum absolute atomic E-state index is 0.0169. The monoisotopic (exact) mass is 283 g/mol. The molecule has 0 aliphatic rings. The van der Waals surface area contributed by atoms with Gasteiger partial charge >= 0.3 is 0 Å². The van der Waals surface area contributed by atoms with E-state index in [1.54, 1.807) is 0 Å². The standard InChI is InChI=1S/C13H18BrNO/c1-9(14)12(16)15-11-8-6-5-7-10(11)13(2,3)4/h5-9H,1-4H3,(H,15,16). The zero-order valence-corrected chi connectivity index (χ0v) is 11.8. The van der Waals surface area contributed by atoms with Crippen LogP contribution in [-0.4, -0.2) is 10.7 Å². The molecule has 3 heteroatoms. The number of hydrogen-bond donors (Lipinski definition) is 1. The Morgan fingerprint density at radius 1 is 1.31 bits per heavy atom. The second-order valence-corrected chi connectivity index (χ2v) is 6.27. The molecule has 2 nitrogen and oxygen atoms in total. The van der Waals surface area contributed by atoms with Gasteiger partial charge in [-0.25, -0.2) is 0 Å². The lowest BCUT2D eigenvalue weighted by atomic mass is 9.86. The molecule has 0 saturated carbocycles. The lowest BCUT2D eigenvalue weighted by Crippen LogP contribution is -2.23. The van der Waals surface area contributed by atoms with Crippen molar-refractivity contribution in [3.63, 3.8) is 0 Å². The predicted molar refractivity (Wildman–Crippen MR) is 72.2 cm³/mol. The Morgan fingerprint density at radius 3 is 2.38 bits per heavy atom. The van der Waals surface area contributed by atoms with Crippen LogP contribution in [-0.2, 0) is 10.2 Å². The Hall–Kier alpha value is -0.830. The van der Waals surface area contributed by atoms with Gasteiger partial charge < -0.3 is 5.32 Å². The Kier molecular flexibility index (Phi) is 4.14. The Balaban J connectivity index is 3.01. The second-order valence-electron chi connectivity index (χ2n) is 4.90. The van der Waals surface area contributed by atoms with Crippen molar-refractivity contribution in [3.05, 3.63) is 29.8 Å². The number of alkyl halides is 1. The molecule has 1 atom stereocenters. The minimum atomic E-state index is -0.180. The van der Waals surface area contributed by atoms with Crippen molar-refractivity contribution >= 4 is 27.5 Å². The molecule has 0 saturated heterocycles. The third-order valence-corrected chi connectivity index (χ3v) is 2.77. The zero-order valence-electron chi connectivity index (χ0n) is 10.2. The largest absolute Gasteiger partial charge is 0.325 e. The third kappa shape index (κ3) is 3.34. The lowest BCUT2D eigenvalue weighted by Gasteiger charge is -2.23. The number of nitrogens with one attached hydrogen (secondary N) is 1. The van der Waals surface area contributed by atoms with Crippen LogP contribution in [0.4, 0.5) is 5.69 Å². The van der Waals surface area contributed by atoms with Gasteiger partial charge in [-0.1, -0.05) is 54.9 Å². The average Bonchev–Trinajstić information content (AvgIpc) is 2.16. The number of amides is 1. The molecule has 1 aromatic rings. The van der Waals surface area contributed by atoms with Crippen molar-refractivity contribution < 1.29 is 4.79 Å². The highest BCUT2D eigenvalue weighted by Crippen LogP contribution is 2.29. The van der Waals surface area contributed by atoms with Crippen LogP contribution >= 0.6 is 15.9 Å². The maximum atomic E-state index is 11.6. The highest BCUT2D eigenvalue weighted by molar-refractivity contribution is 9.10. The van der Waals surface area contributed by atoms with Crippen LogP contribution in [0.15, 0.2) is 24.3 Å². The fourth-order valence-electron chi connectivity index (χ4n) is 1.48. The molecule has 0 aliphatic heterocycles. The first kappa shape index (κ1) is 13.2. The van der Waals surface area contributed by atoms with Crippen LogP contribution in [0.25, 0.3) is 0 Å². The molecule has 1 N–H and O–H groups in total. The zero-order chi connectivity index (χ0) is 12.3. The SMILES string of the molecule is CC(Br)C(=O)Nc1ccccc1C(C)(C)C. The van der Waals surface area contributed by atoms with Crippen molar-refractivity contribution in [2.24, 2.45) is 0 Å². The summed E-state index contributed by atoms with van der Waals surface area (Å²) in [4.78, 5) is 11.5. The minimum Gasteiger partial charge on any atom is -0.325 e. The molecule has 0 heterocycles. The van der Waals surface area contributed by atoms with E-state index in [0.717, 1.165) is 11.3 Å². The summed E-state index contributed by atoms with van der Waals surface area (Å²) in [6, 6.07) is 7.92. The highest BCUT2D eigenvalue weighted by atomic mass is 79.9.